The highest BCUT2D eigenvalue weighted by Gasteiger charge is 2.16. The van der Waals surface area contributed by atoms with Crippen molar-refractivity contribution in [3.8, 4) is 11.1 Å². The largest absolute Gasteiger partial charge is 0.324 e. The number of nitrogens with one attached hydrogen (secondary N) is 2. The molecule has 0 radical (unpaired) electrons. The molecule has 0 bridgehead atoms. The van der Waals surface area contributed by atoms with Crippen molar-refractivity contribution in [2.24, 2.45) is 0 Å². The highest BCUT2D eigenvalue weighted by molar-refractivity contribution is 5.96. The van der Waals surface area contributed by atoms with Crippen LogP contribution < -0.4 is 10.6 Å². The maximum atomic E-state index is 12.2. The lowest BCUT2D eigenvalue weighted by Crippen LogP contribution is -2.43. The lowest BCUT2D eigenvalue weighted by atomic mass is 10.0. The second-order valence-corrected chi connectivity index (χ2v) is 6.05. The molecule has 3 nitrogen and oxygen atoms in total. The molecule has 0 fully saturated rings. The van der Waals surface area contributed by atoms with E-state index in [0.717, 1.165) is 23.2 Å². The Morgan fingerprint density at radius 2 is 1.64 bits per heavy atom. The van der Waals surface area contributed by atoms with Gasteiger partial charge >= 0.3 is 0 Å². The molecular weight excluding hydrogens is 272 g/mol. The van der Waals surface area contributed by atoms with E-state index in [1.807, 2.05) is 54.6 Å². The first-order chi connectivity index (χ1) is 10.5. The summed E-state index contributed by atoms with van der Waals surface area (Å²) in [5.74, 6) is -0.0232. The summed E-state index contributed by atoms with van der Waals surface area (Å²) in [5, 5.41) is 6.28. The average Bonchev–Trinajstić information content (AvgIpc) is 2.54. The van der Waals surface area contributed by atoms with Crippen molar-refractivity contribution in [2.75, 3.05) is 11.9 Å². The maximum Gasteiger partial charge on any atom is 0.238 e. The van der Waals surface area contributed by atoms with E-state index in [4.69, 9.17) is 0 Å². The lowest BCUT2D eigenvalue weighted by molar-refractivity contribution is -0.115. The normalized spacial score (nSPS) is 11.2. The van der Waals surface area contributed by atoms with Gasteiger partial charge in [0.05, 0.1) is 6.54 Å². The van der Waals surface area contributed by atoms with Crippen LogP contribution in [0.5, 0.6) is 0 Å². The van der Waals surface area contributed by atoms with E-state index in [-0.39, 0.29) is 11.4 Å². The van der Waals surface area contributed by atoms with E-state index in [1.165, 1.54) is 0 Å². The fourth-order valence-corrected chi connectivity index (χ4v) is 2.10. The monoisotopic (exact) mass is 296 g/mol. The maximum absolute atomic E-state index is 12.2. The molecular formula is C19H24N2O. The molecule has 0 aliphatic carbocycles. The molecule has 2 aromatic carbocycles. The number of anilines is 1. The van der Waals surface area contributed by atoms with E-state index >= 15 is 0 Å². The molecule has 0 saturated carbocycles. The molecule has 2 N–H and O–H groups in total. The van der Waals surface area contributed by atoms with Crippen molar-refractivity contribution in [2.45, 2.75) is 32.7 Å². The van der Waals surface area contributed by atoms with E-state index < -0.39 is 0 Å². The van der Waals surface area contributed by atoms with Crippen LogP contribution in [-0.4, -0.2) is 18.0 Å². The Morgan fingerprint density at radius 1 is 1.00 bits per heavy atom. The van der Waals surface area contributed by atoms with Crippen LogP contribution in [0.4, 0.5) is 5.69 Å². The molecule has 0 saturated heterocycles. The predicted molar refractivity (Wildman–Crippen MR) is 92.9 cm³/mol. The quantitative estimate of drug-likeness (QED) is 0.843. The van der Waals surface area contributed by atoms with Crippen LogP contribution in [0.1, 0.15) is 27.2 Å². The van der Waals surface area contributed by atoms with Gasteiger partial charge in [-0.2, -0.15) is 0 Å². The van der Waals surface area contributed by atoms with Crippen molar-refractivity contribution >= 4 is 11.6 Å². The van der Waals surface area contributed by atoms with E-state index in [2.05, 4.69) is 31.4 Å². The van der Waals surface area contributed by atoms with Gasteiger partial charge in [-0.15, -0.1) is 0 Å². The van der Waals surface area contributed by atoms with Crippen molar-refractivity contribution in [1.29, 1.82) is 0 Å². The van der Waals surface area contributed by atoms with Crippen LogP contribution in [0.15, 0.2) is 54.6 Å². The Hall–Kier alpha value is -2.13. The number of hydrogen-bond acceptors (Lipinski definition) is 2. The van der Waals surface area contributed by atoms with Crippen LogP contribution in [0.2, 0.25) is 0 Å². The standard InChI is InChI=1S/C19H24N2O/c1-4-19(2,3)20-14-18(22)21-17-13-9-8-12-16(17)15-10-6-5-7-11-15/h5-13,20H,4,14H2,1-3H3,(H,21,22). The third-order valence-electron chi connectivity index (χ3n) is 3.90. The second kappa shape index (κ2) is 7.23. The summed E-state index contributed by atoms with van der Waals surface area (Å²) in [6, 6.07) is 18.0. The number of amides is 1. The topological polar surface area (TPSA) is 41.1 Å². The van der Waals surface area contributed by atoms with Gasteiger partial charge in [-0.3, -0.25) is 4.79 Å². The van der Waals surface area contributed by atoms with E-state index in [9.17, 15) is 4.79 Å². The van der Waals surface area contributed by atoms with Crippen molar-refractivity contribution in [3.63, 3.8) is 0 Å². The van der Waals surface area contributed by atoms with Gasteiger partial charge in [0.2, 0.25) is 5.91 Å². The van der Waals surface area contributed by atoms with Gasteiger partial charge in [0.1, 0.15) is 0 Å². The molecule has 0 heterocycles. The zero-order valence-electron chi connectivity index (χ0n) is 13.5. The Labute approximate surface area is 132 Å². The number of benzene rings is 2. The van der Waals surface area contributed by atoms with Gasteiger partial charge in [-0.25, -0.2) is 0 Å². The van der Waals surface area contributed by atoms with Gasteiger partial charge < -0.3 is 10.6 Å². The van der Waals surface area contributed by atoms with Crippen molar-refractivity contribution in [1.82, 2.24) is 5.32 Å². The van der Waals surface area contributed by atoms with E-state index in [0.29, 0.717) is 6.54 Å². The number of para-hydroxylation sites is 1. The molecule has 1 amide bonds. The molecule has 2 rings (SSSR count). The fourth-order valence-electron chi connectivity index (χ4n) is 2.10. The van der Waals surface area contributed by atoms with Crippen LogP contribution in [-0.2, 0) is 4.79 Å². The van der Waals surface area contributed by atoms with E-state index in [1.54, 1.807) is 0 Å². The Balaban J connectivity index is 2.09. The van der Waals surface area contributed by atoms with Gasteiger partial charge in [0.25, 0.3) is 0 Å². The Bertz CT molecular complexity index is 620. The minimum absolute atomic E-state index is 0.0232. The number of rotatable bonds is 6. The van der Waals surface area contributed by atoms with Crippen LogP contribution >= 0.6 is 0 Å². The molecule has 0 atom stereocenters. The molecule has 0 aliphatic heterocycles. The predicted octanol–water partition coefficient (Wildman–Crippen LogP) is 4.07. The van der Waals surface area contributed by atoms with Gasteiger partial charge in [0, 0.05) is 16.8 Å². The summed E-state index contributed by atoms with van der Waals surface area (Å²) >= 11 is 0. The van der Waals surface area contributed by atoms with Gasteiger partial charge in [-0.05, 0) is 31.9 Å². The summed E-state index contributed by atoms with van der Waals surface area (Å²) in [5.41, 5.74) is 2.94. The molecule has 0 spiro atoms. The first kappa shape index (κ1) is 16.2. The third kappa shape index (κ3) is 4.43. The first-order valence-corrected chi connectivity index (χ1v) is 7.71. The van der Waals surface area contributed by atoms with Gasteiger partial charge in [-0.1, -0.05) is 55.5 Å². The van der Waals surface area contributed by atoms with Crippen LogP contribution in [0, 0.1) is 0 Å². The number of hydrogen-bond donors (Lipinski definition) is 2. The third-order valence-corrected chi connectivity index (χ3v) is 3.90. The fraction of sp³-hybridized carbons (Fsp3) is 0.316. The molecule has 0 aliphatic rings. The summed E-state index contributed by atoms with van der Waals surface area (Å²) < 4.78 is 0. The summed E-state index contributed by atoms with van der Waals surface area (Å²) in [6.07, 6.45) is 0.973. The first-order valence-electron chi connectivity index (χ1n) is 7.71. The lowest BCUT2D eigenvalue weighted by Gasteiger charge is -2.24. The molecule has 0 aromatic heterocycles. The molecule has 2 aromatic rings. The highest BCUT2D eigenvalue weighted by Crippen LogP contribution is 2.27. The minimum atomic E-state index is -0.0315. The van der Waals surface area contributed by atoms with Crippen LogP contribution in [0.25, 0.3) is 11.1 Å². The molecule has 3 heteroatoms. The van der Waals surface area contributed by atoms with Gasteiger partial charge in [0.15, 0.2) is 0 Å². The zero-order chi connectivity index (χ0) is 16.0. The van der Waals surface area contributed by atoms with Crippen molar-refractivity contribution < 1.29 is 4.79 Å². The number of carbonyl (C=O) groups is 1. The van der Waals surface area contributed by atoms with Crippen LogP contribution in [0.3, 0.4) is 0 Å². The highest BCUT2D eigenvalue weighted by atomic mass is 16.1. The average molecular weight is 296 g/mol. The SMILES string of the molecule is CCC(C)(C)NCC(=O)Nc1ccccc1-c1ccccc1. The Morgan fingerprint density at radius 3 is 2.32 bits per heavy atom. The molecule has 22 heavy (non-hydrogen) atoms. The molecule has 116 valence electrons. The number of carbonyl (C=O) groups excluding carboxylic acids is 1. The smallest absolute Gasteiger partial charge is 0.238 e. The summed E-state index contributed by atoms with van der Waals surface area (Å²) in [6.45, 7) is 6.61. The Kier molecular flexibility index (Phi) is 5.34. The van der Waals surface area contributed by atoms with Crippen molar-refractivity contribution in [3.05, 3.63) is 54.6 Å². The second-order valence-electron chi connectivity index (χ2n) is 6.05. The zero-order valence-corrected chi connectivity index (χ0v) is 13.5. The summed E-state index contributed by atoms with van der Waals surface area (Å²) in [7, 11) is 0. The summed E-state index contributed by atoms with van der Waals surface area (Å²) in [4.78, 5) is 12.2. The molecule has 0 unspecified atom stereocenters. The minimum Gasteiger partial charge on any atom is -0.324 e.